The standard InChI is InChI=1S/C75H87ClN8O26/c1-32(2)23-45(77-5)67(96)82-58-60(91)36-16-20-48(43(76)25-36)107-50-27-37-26-49(63(50)110-73-64(62(93)61(92)51(31-86)108-73)109-52-30-75(4,65(94)33(3)104-52)84-74(103)106-39-11-9-7-6-8-10-12-39)105-40-17-13-34(14-18-40)59(90)57-71(100)81-56(72(101)102)42-28-38(87)29-47(89)53(42)41-24-35(15-19-46(41)88)54(68(97)83-57)80-69(98)55(37)79-66(95)44(21-22-85)78-70(58)99/h6-7,13-20,22,24-29,32-33,39,44-45,51-52,54-62,64-65,73,77,86-94H,8-12,21,23,30-31H2,1-5H3,(H,78,99)(H,79,95)(H,80,98)(H,81,100)(H,82,96)(H,83,97)(H,84,103)(H,101,102)/b7-6+/t33-,39?,44-,45+,51+,52-,54+,55+,56-,57-,58+,59+,60+,61+,62-,64+,65-,73-,75-/m0/s1. The maximum absolute atomic E-state index is 16.1. The van der Waals surface area contributed by atoms with Gasteiger partial charge in [0.05, 0.1) is 29.3 Å². The molecule has 11 bridgehead atoms. The zero-order valence-corrected chi connectivity index (χ0v) is 60.8. The van der Waals surface area contributed by atoms with E-state index in [1.807, 2.05) is 19.9 Å². The first-order chi connectivity index (χ1) is 52.4. The highest BCUT2D eigenvalue weighted by Gasteiger charge is 2.53. The van der Waals surface area contributed by atoms with Gasteiger partial charge in [0, 0.05) is 35.6 Å². The molecule has 0 aromatic heterocycles. The van der Waals surface area contributed by atoms with Gasteiger partial charge in [0.1, 0.15) is 108 Å². The number of aldehydes is 1. The summed E-state index contributed by atoms with van der Waals surface area (Å²) in [6.07, 6.45) is -12.8. The lowest BCUT2D eigenvalue weighted by molar-refractivity contribution is -0.334. The molecule has 590 valence electrons. The first-order valence-electron chi connectivity index (χ1n) is 35.6. The minimum Gasteiger partial charge on any atom is -0.508 e. The molecule has 19 atom stereocenters. The molecule has 7 heterocycles. The largest absolute Gasteiger partial charge is 0.508 e. The number of fused-ring (bicyclic) bond motifs is 15. The molecule has 8 aliphatic rings. The number of phenolic OH excluding ortho intramolecular Hbond substituents is 3. The smallest absolute Gasteiger partial charge is 0.407 e. The van der Waals surface area contributed by atoms with Gasteiger partial charge in [-0.05, 0) is 142 Å². The van der Waals surface area contributed by atoms with Crippen molar-refractivity contribution in [2.75, 3.05) is 13.7 Å². The van der Waals surface area contributed by atoms with Crippen LogP contribution in [0, 0.1) is 5.92 Å². The number of allylic oxidation sites excluding steroid dienone is 2. The SMILES string of the molecule is CN[C@H](CC(C)C)C(=O)N[C@H]1C(=O)N[C@@H](CC=O)C(=O)N[C@H]2C(=O)N[C@H]3C(=O)N[C@H](C(=O)N[C@H](C(=O)O)c4cc(O)cc(O)c4-c4cc3ccc4O)[C@H](O)c3ccc(cc3)Oc3cc2cc(c3O[C@@H]2O[C@H](CO)[C@@H](O)[C@H](O)[C@H]2O[C@H]2C[C@](C)(NC(=O)OC3CC/C=C/CCC3)[C@@H](O)[C@H](C)O2)Oc2ccc(cc2Cl)[C@H]1O. The van der Waals surface area contributed by atoms with E-state index >= 15 is 14.4 Å². The number of rotatable bonds is 15. The second-order valence-corrected chi connectivity index (χ2v) is 28.8. The molecule has 34 nitrogen and oxygen atoms in total. The number of carboxylic acid groups (broad SMARTS) is 1. The van der Waals surface area contributed by atoms with Crippen LogP contribution in [-0.2, 0) is 57.3 Å². The maximum atomic E-state index is 16.1. The molecule has 5 aromatic rings. The van der Waals surface area contributed by atoms with Crippen molar-refractivity contribution in [1.82, 2.24) is 42.5 Å². The maximum Gasteiger partial charge on any atom is 0.407 e. The van der Waals surface area contributed by atoms with E-state index in [2.05, 4.69) is 48.6 Å². The summed E-state index contributed by atoms with van der Waals surface area (Å²) in [7, 11) is 1.49. The van der Waals surface area contributed by atoms with Crippen molar-refractivity contribution in [3.63, 3.8) is 0 Å². The van der Waals surface area contributed by atoms with Gasteiger partial charge in [0.15, 0.2) is 29.9 Å². The number of likely N-dealkylation sites (N-methyl/N-ethyl adjacent to an activating group) is 1. The fourth-order valence-corrected chi connectivity index (χ4v) is 14.3. The lowest BCUT2D eigenvalue weighted by atomic mass is 9.85. The van der Waals surface area contributed by atoms with E-state index in [0.717, 1.165) is 61.4 Å². The molecule has 7 amide bonds. The van der Waals surface area contributed by atoms with Crippen molar-refractivity contribution in [1.29, 1.82) is 0 Å². The van der Waals surface area contributed by atoms with Crippen LogP contribution in [0.3, 0.4) is 0 Å². The number of carbonyl (C=O) groups excluding carboxylic acids is 8. The van der Waals surface area contributed by atoms with Crippen molar-refractivity contribution >= 4 is 65.4 Å². The van der Waals surface area contributed by atoms with E-state index in [-0.39, 0.29) is 58.3 Å². The number of aliphatic hydroxyl groups excluding tert-OH is 6. The van der Waals surface area contributed by atoms with Gasteiger partial charge >= 0.3 is 12.1 Å². The predicted octanol–water partition coefficient (Wildman–Crippen LogP) is 2.82. The Kier molecular flexibility index (Phi) is 25.2. The normalized spacial score (nSPS) is 29.8. The lowest BCUT2D eigenvalue weighted by Crippen LogP contribution is -2.66. The number of aliphatic hydroxyl groups is 6. The fraction of sp³-hybridized carbons (Fsp3) is 0.453. The molecule has 0 saturated carbocycles. The van der Waals surface area contributed by atoms with Crippen LogP contribution in [0.1, 0.15) is 137 Å². The Hall–Kier alpha value is -10.2. The van der Waals surface area contributed by atoms with E-state index in [1.54, 1.807) is 0 Å². The molecule has 7 aliphatic heterocycles. The average molecular weight is 1550 g/mol. The van der Waals surface area contributed by atoms with Crippen LogP contribution in [0.25, 0.3) is 11.1 Å². The quantitative estimate of drug-likeness (QED) is 0.0529. The van der Waals surface area contributed by atoms with Gasteiger partial charge in [-0.2, -0.15) is 0 Å². The summed E-state index contributed by atoms with van der Waals surface area (Å²) in [5.74, 6) is -14.1. The number of phenols is 3. The third-order valence-electron chi connectivity index (χ3n) is 20.0. The minimum absolute atomic E-state index is 0.0890. The number of amides is 7. The van der Waals surface area contributed by atoms with Crippen molar-refractivity contribution in [3.8, 4) is 57.1 Å². The second kappa shape index (κ2) is 34.4. The Balaban J connectivity index is 1.10. The van der Waals surface area contributed by atoms with Crippen molar-refractivity contribution in [2.24, 2.45) is 5.92 Å². The summed E-state index contributed by atoms with van der Waals surface area (Å²) >= 11 is 7.12. The number of carbonyl (C=O) groups is 9. The Morgan fingerprint density at radius 3 is 2.10 bits per heavy atom. The first-order valence-corrected chi connectivity index (χ1v) is 36.0. The van der Waals surface area contributed by atoms with E-state index in [4.69, 9.17) is 44.8 Å². The van der Waals surface area contributed by atoms with Crippen molar-refractivity contribution in [2.45, 2.75) is 194 Å². The third kappa shape index (κ3) is 17.8. The summed E-state index contributed by atoms with van der Waals surface area (Å²) in [5, 5.41) is 136. The van der Waals surface area contributed by atoms with Crippen LogP contribution in [-0.4, -0.2) is 204 Å². The molecule has 5 aromatic carbocycles. The van der Waals surface area contributed by atoms with Gasteiger partial charge in [-0.15, -0.1) is 0 Å². The number of halogens is 1. The highest BCUT2D eigenvalue weighted by molar-refractivity contribution is 6.32. The summed E-state index contributed by atoms with van der Waals surface area (Å²) in [5.41, 5.74) is -4.18. The second-order valence-electron chi connectivity index (χ2n) is 28.4. The van der Waals surface area contributed by atoms with Crippen LogP contribution in [0.2, 0.25) is 5.02 Å². The average Bonchev–Trinajstić information content (AvgIpc) is 0.769. The van der Waals surface area contributed by atoms with Crippen molar-refractivity contribution in [3.05, 3.63) is 130 Å². The number of nitrogens with one attached hydrogen (secondary N) is 8. The summed E-state index contributed by atoms with van der Waals surface area (Å²) < 4.78 is 44.9. The van der Waals surface area contributed by atoms with E-state index in [0.29, 0.717) is 19.3 Å². The Morgan fingerprint density at radius 2 is 1.41 bits per heavy atom. The number of hydrogen-bond acceptors (Lipinski definition) is 26. The molecule has 0 spiro atoms. The molecular formula is C75H87ClN8O26. The number of aliphatic carboxylic acids is 1. The molecule has 2 saturated heterocycles. The molecule has 110 heavy (non-hydrogen) atoms. The number of hydrogen-bond donors (Lipinski definition) is 18. The molecule has 18 N–H and O–H groups in total. The van der Waals surface area contributed by atoms with Gasteiger partial charge in [-0.25, -0.2) is 9.59 Å². The summed E-state index contributed by atoms with van der Waals surface area (Å²) in [6, 6.07) is 1.43. The number of carboxylic acids is 1. The van der Waals surface area contributed by atoms with Crippen LogP contribution >= 0.6 is 11.6 Å². The highest BCUT2D eigenvalue weighted by Crippen LogP contribution is 2.49. The van der Waals surface area contributed by atoms with Gasteiger partial charge < -0.3 is 132 Å². The van der Waals surface area contributed by atoms with Crippen LogP contribution in [0.15, 0.2) is 97.1 Å². The van der Waals surface area contributed by atoms with E-state index < -0.39 is 233 Å². The number of alkyl carbamates (subject to hydrolysis) is 1. The minimum atomic E-state index is -2.30. The van der Waals surface area contributed by atoms with Gasteiger partial charge in [-0.3, -0.25) is 28.8 Å². The third-order valence-corrected chi connectivity index (χ3v) is 20.3. The molecule has 35 heteroatoms. The van der Waals surface area contributed by atoms with Gasteiger partial charge in [-0.1, -0.05) is 61.9 Å². The summed E-state index contributed by atoms with van der Waals surface area (Å²) in [4.78, 5) is 130. The number of benzene rings is 5. The van der Waals surface area contributed by atoms with Crippen LogP contribution < -0.4 is 56.7 Å². The molecule has 2 fully saturated rings. The number of ether oxygens (including phenoxy) is 7. The Bertz CT molecular complexity index is 4340. The molecule has 13 rings (SSSR count). The highest BCUT2D eigenvalue weighted by atomic mass is 35.5. The lowest BCUT2D eigenvalue weighted by Gasteiger charge is -2.48. The fourth-order valence-electron chi connectivity index (χ4n) is 14.1. The number of aromatic hydroxyl groups is 3. The zero-order chi connectivity index (χ0) is 79.3. The van der Waals surface area contributed by atoms with Crippen LogP contribution in [0.4, 0.5) is 4.79 Å². The first kappa shape index (κ1) is 80.8. The monoisotopic (exact) mass is 1550 g/mol. The van der Waals surface area contributed by atoms with Crippen molar-refractivity contribution < 1.29 is 127 Å². The van der Waals surface area contributed by atoms with E-state index in [9.17, 15) is 79.8 Å². The molecule has 0 radical (unpaired) electrons. The topological polar surface area (TPSA) is 517 Å². The summed E-state index contributed by atoms with van der Waals surface area (Å²) in [6.45, 7) is 5.66. The molecular weight excluding hydrogens is 1460 g/mol. The predicted molar refractivity (Wildman–Crippen MR) is 383 cm³/mol. The Labute approximate surface area is 633 Å². The Morgan fingerprint density at radius 1 is 0.727 bits per heavy atom. The zero-order valence-electron chi connectivity index (χ0n) is 60.0. The van der Waals surface area contributed by atoms with Gasteiger partial charge in [0.25, 0.3) is 0 Å². The van der Waals surface area contributed by atoms with E-state index in [1.165, 1.54) is 57.3 Å². The van der Waals surface area contributed by atoms with Crippen LogP contribution in [0.5, 0.6) is 46.0 Å². The molecule has 1 unspecified atom stereocenters. The van der Waals surface area contributed by atoms with Gasteiger partial charge in [0.2, 0.25) is 47.5 Å². The molecule has 1 aliphatic carbocycles.